The molecule has 0 aromatic carbocycles. The van der Waals surface area contributed by atoms with Gasteiger partial charge in [-0.25, -0.2) is 4.39 Å². The van der Waals surface area contributed by atoms with Gasteiger partial charge in [0.2, 0.25) is 0 Å². The van der Waals surface area contributed by atoms with Crippen molar-refractivity contribution in [3.8, 4) is 0 Å². The third kappa shape index (κ3) is 1.24. The van der Waals surface area contributed by atoms with E-state index in [9.17, 15) is 9.18 Å². The lowest BCUT2D eigenvalue weighted by molar-refractivity contribution is -0.152. The Morgan fingerprint density at radius 1 is 1.55 bits per heavy atom. The van der Waals surface area contributed by atoms with Gasteiger partial charge in [0.25, 0.3) is 0 Å². The predicted molar refractivity (Wildman–Crippen MR) is 39.1 cm³/mol. The highest BCUT2D eigenvalue weighted by Gasteiger charge is 2.46. The van der Waals surface area contributed by atoms with Crippen LogP contribution in [0.4, 0.5) is 4.39 Å². The molecule has 11 heavy (non-hydrogen) atoms. The average Bonchev–Trinajstić information content (AvgIpc) is 2.34. The van der Waals surface area contributed by atoms with Gasteiger partial charge in [-0.3, -0.25) is 4.79 Å². The van der Waals surface area contributed by atoms with Crippen LogP contribution in [0.25, 0.3) is 0 Å². The molecule has 1 fully saturated rings. The van der Waals surface area contributed by atoms with Gasteiger partial charge in [0.1, 0.15) is 6.17 Å². The van der Waals surface area contributed by atoms with Crippen molar-refractivity contribution in [2.75, 3.05) is 0 Å². The van der Waals surface area contributed by atoms with Crippen LogP contribution in [0.1, 0.15) is 32.6 Å². The number of halogens is 1. The van der Waals surface area contributed by atoms with Gasteiger partial charge >= 0.3 is 5.97 Å². The molecule has 0 aromatic rings. The Morgan fingerprint density at radius 2 is 2.00 bits per heavy atom. The van der Waals surface area contributed by atoms with E-state index in [-0.39, 0.29) is 0 Å². The fraction of sp³-hybridized carbons (Fsp3) is 0.875. The molecule has 0 aliphatic heterocycles. The number of carboxylic acid groups (broad SMARTS) is 1. The van der Waals surface area contributed by atoms with Crippen LogP contribution in [-0.2, 0) is 4.79 Å². The monoisotopic (exact) mass is 160 g/mol. The van der Waals surface area contributed by atoms with Crippen LogP contribution in [0.5, 0.6) is 0 Å². The molecular formula is C8H13FO2. The zero-order valence-corrected chi connectivity index (χ0v) is 6.64. The first-order valence-electron chi connectivity index (χ1n) is 3.97. The molecule has 3 heteroatoms. The van der Waals surface area contributed by atoms with Crippen molar-refractivity contribution < 1.29 is 14.3 Å². The summed E-state index contributed by atoms with van der Waals surface area (Å²) >= 11 is 0. The molecule has 1 N–H and O–H groups in total. The fourth-order valence-corrected chi connectivity index (χ4v) is 1.79. The highest BCUT2D eigenvalue weighted by atomic mass is 19.1. The van der Waals surface area contributed by atoms with E-state index < -0.39 is 17.6 Å². The van der Waals surface area contributed by atoms with E-state index in [4.69, 9.17) is 5.11 Å². The van der Waals surface area contributed by atoms with Gasteiger partial charge in [0.05, 0.1) is 5.41 Å². The number of aliphatic carboxylic acids is 1. The molecule has 1 unspecified atom stereocenters. The Bertz CT molecular complexity index is 159. The Kier molecular flexibility index (Phi) is 2.16. The summed E-state index contributed by atoms with van der Waals surface area (Å²) in [4.78, 5) is 10.7. The largest absolute Gasteiger partial charge is 0.481 e. The SMILES string of the molecule is CC(F)C1(C(=O)O)CCCC1. The highest BCUT2D eigenvalue weighted by Crippen LogP contribution is 2.42. The van der Waals surface area contributed by atoms with Crippen LogP contribution in [0, 0.1) is 5.41 Å². The van der Waals surface area contributed by atoms with Gasteiger partial charge in [-0.1, -0.05) is 12.8 Å². The topological polar surface area (TPSA) is 37.3 Å². The molecule has 0 aromatic heterocycles. The summed E-state index contributed by atoms with van der Waals surface area (Å²) in [5, 5.41) is 8.79. The molecule has 0 bridgehead atoms. The van der Waals surface area contributed by atoms with E-state index in [1.165, 1.54) is 6.92 Å². The number of carboxylic acids is 1. The molecule has 0 spiro atoms. The Balaban J connectivity index is 2.79. The number of hydrogen-bond donors (Lipinski definition) is 1. The minimum atomic E-state index is -1.22. The fourth-order valence-electron chi connectivity index (χ4n) is 1.79. The molecule has 64 valence electrons. The summed E-state index contributed by atoms with van der Waals surface area (Å²) in [6, 6.07) is 0. The summed E-state index contributed by atoms with van der Waals surface area (Å²) < 4.78 is 12.9. The minimum Gasteiger partial charge on any atom is -0.481 e. The van der Waals surface area contributed by atoms with Crippen molar-refractivity contribution in [3.05, 3.63) is 0 Å². The molecule has 0 amide bonds. The van der Waals surface area contributed by atoms with Crippen molar-refractivity contribution in [1.82, 2.24) is 0 Å². The second-order valence-corrected chi connectivity index (χ2v) is 3.28. The van der Waals surface area contributed by atoms with Crippen molar-refractivity contribution in [2.24, 2.45) is 5.41 Å². The summed E-state index contributed by atoms with van der Waals surface area (Å²) in [7, 11) is 0. The molecule has 0 heterocycles. The Morgan fingerprint density at radius 3 is 2.18 bits per heavy atom. The number of alkyl halides is 1. The predicted octanol–water partition coefficient (Wildman–Crippen LogP) is 1.99. The minimum absolute atomic E-state index is 0.500. The van der Waals surface area contributed by atoms with Crippen LogP contribution < -0.4 is 0 Å². The maximum Gasteiger partial charge on any atom is 0.312 e. The molecular weight excluding hydrogens is 147 g/mol. The van der Waals surface area contributed by atoms with Crippen LogP contribution in [-0.4, -0.2) is 17.2 Å². The lowest BCUT2D eigenvalue weighted by Crippen LogP contribution is -2.35. The standard InChI is InChI=1S/C8H13FO2/c1-6(9)8(7(10)11)4-2-3-5-8/h6H,2-5H2,1H3,(H,10,11). The molecule has 0 saturated heterocycles. The first kappa shape index (κ1) is 8.50. The average molecular weight is 160 g/mol. The summed E-state index contributed by atoms with van der Waals surface area (Å²) in [6.45, 7) is 1.35. The molecule has 1 atom stereocenters. The van der Waals surface area contributed by atoms with Crippen molar-refractivity contribution >= 4 is 5.97 Å². The van der Waals surface area contributed by atoms with E-state index in [0.29, 0.717) is 12.8 Å². The number of carbonyl (C=O) groups is 1. The van der Waals surface area contributed by atoms with E-state index >= 15 is 0 Å². The van der Waals surface area contributed by atoms with Gasteiger partial charge in [-0.15, -0.1) is 0 Å². The Hall–Kier alpha value is -0.600. The molecule has 2 nitrogen and oxygen atoms in total. The van der Waals surface area contributed by atoms with Crippen molar-refractivity contribution in [1.29, 1.82) is 0 Å². The summed E-state index contributed by atoms with van der Waals surface area (Å²) in [6.07, 6.45) is 1.48. The smallest absolute Gasteiger partial charge is 0.312 e. The van der Waals surface area contributed by atoms with Crippen LogP contribution in [0.15, 0.2) is 0 Å². The molecule has 1 rings (SSSR count). The molecule has 1 saturated carbocycles. The first-order chi connectivity index (χ1) is 5.09. The number of hydrogen-bond acceptors (Lipinski definition) is 1. The Labute approximate surface area is 65.4 Å². The van der Waals surface area contributed by atoms with Crippen LogP contribution in [0.3, 0.4) is 0 Å². The first-order valence-corrected chi connectivity index (χ1v) is 3.97. The van der Waals surface area contributed by atoms with Crippen molar-refractivity contribution in [3.63, 3.8) is 0 Å². The van der Waals surface area contributed by atoms with E-state index in [2.05, 4.69) is 0 Å². The van der Waals surface area contributed by atoms with Crippen LogP contribution >= 0.6 is 0 Å². The lowest BCUT2D eigenvalue weighted by atomic mass is 9.82. The van der Waals surface area contributed by atoms with Crippen molar-refractivity contribution in [2.45, 2.75) is 38.8 Å². The number of rotatable bonds is 2. The molecule has 1 aliphatic rings. The zero-order valence-electron chi connectivity index (χ0n) is 6.64. The van der Waals surface area contributed by atoms with E-state index in [0.717, 1.165) is 12.8 Å². The quantitative estimate of drug-likeness (QED) is 0.670. The zero-order chi connectivity index (χ0) is 8.48. The third-order valence-electron chi connectivity index (χ3n) is 2.68. The maximum atomic E-state index is 12.9. The molecule has 0 radical (unpaired) electrons. The van der Waals surface area contributed by atoms with E-state index in [1.54, 1.807) is 0 Å². The third-order valence-corrected chi connectivity index (χ3v) is 2.68. The summed E-state index contributed by atoms with van der Waals surface area (Å²) in [5.74, 6) is -0.968. The van der Waals surface area contributed by atoms with Gasteiger partial charge in [0.15, 0.2) is 0 Å². The van der Waals surface area contributed by atoms with Gasteiger partial charge in [0, 0.05) is 0 Å². The second-order valence-electron chi connectivity index (χ2n) is 3.28. The molecule has 1 aliphatic carbocycles. The van der Waals surface area contributed by atoms with Gasteiger partial charge in [-0.05, 0) is 19.8 Å². The highest BCUT2D eigenvalue weighted by molar-refractivity contribution is 5.75. The second kappa shape index (κ2) is 2.80. The normalized spacial score (nSPS) is 24.9. The van der Waals surface area contributed by atoms with Gasteiger partial charge in [-0.2, -0.15) is 0 Å². The van der Waals surface area contributed by atoms with Crippen LogP contribution in [0.2, 0.25) is 0 Å². The van der Waals surface area contributed by atoms with Gasteiger partial charge < -0.3 is 5.11 Å². The maximum absolute atomic E-state index is 12.9. The van der Waals surface area contributed by atoms with E-state index in [1.807, 2.05) is 0 Å². The summed E-state index contributed by atoms with van der Waals surface area (Å²) in [5.41, 5.74) is -1.06. The lowest BCUT2D eigenvalue weighted by Gasteiger charge is -2.24.